The van der Waals surface area contributed by atoms with Crippen LogP contribution in [0.5, 0.6) is 5.75 Å². The highest BCUT2D eigenvalue weighted by molar-refractivity contribution is 6.04. The standard InChI is InChI=1S/C24H33N5O3/c1-4-11-28-12-9-24(15-25,10-13-28)29-16-23(2,3)14-18(21(29)30)26-20-17-7-5-6-8-19(17)32-22(31)27-20/h5-8,18,22,31H,4,9-14,16H2,1-3H3,(H,26,27)/t18-,22?/m0/s1. The highest BCUT2D eigenvalue weighted by atomic mass is 16.6. The Bertz CT molecular complexity index is 930. The van der Waals surface area contributed by atoms with E-state index in [1.54, 1.807) is 6.07 Å². The third-order valence-corrected chi connectivity index (χ3v) is 6.78. The van der Waals surface area contributed by atoms with Crippen LogP contribution in [0.2, 0.25) is 0 Å². The van der Waals surface area contributed by atoms with E-state index >= 15 is 0 Å². The largest absolute Gasteiger partial charge is 0.444 e. The van der Waals surface area contributed by atoms with Crippen LogP contribution in [-0.2, 0) is 4.79 Å². The Balaban J connectivity index is 1.58. The molecule has 1 aromatic rings. The number of rotatable bonds is 4. The molecule has 2 fully saturated rings. The first-order chi connectivity index (χ1) is 15.3. The lowest BCUT2D eigenvalue weighted by Gasteiger charge is -2.51. The molecule has 1 aromatic carbocycles. The first-order valence-corrected chi connectivity index (χ1v) is 11.5. The number of aliphatic imine (C=N–C) groups is 1. The molecule has 0 bridgehead atoms. The summed E-state index contributed by atoms with van der Waals surface area (Å²) in [5.41, 5.74) is -0.239. The fourth-order valence-electron chi connectivity index (χ4n) is 5.14. The molecule has 0 aliphatic carbocycles. The third kappa shape index (κ3) is 4.32. The van der Waals surface area contributed by atoms with E-state index in [4.69, 9.17) is 4.74 Å². The normalized spacial score (nSPS) is 27.0. The van der Waals surface area contributed by atoms with Crippen molar-refractivity contribution in [1.29, 1.82) is 5.26 Å². The van der Waals surface area contributed by atoms with E-state index in [9.17, 15) is 15.2 Å². The lowest BCUT2D eigenvalue weighted by Crippen LogP contribution is -2.66. The van der Waals surface area contributed by atoms with Crippen LogP contribution in [0.15, 0.2) is 29.3 Å². The number of likely N-dealkylation sites (tertiary alicyclic amines) is 2. The molecule has 0 radical (unpaired) electrons. The zero-order valence-corrected chi connectivity index (χ0v) is 19.2. The topological polar surface area (TPSA) is 101 Å². The first-order valence-electron chi connectivity index (χ1n) is 11.5. The molecule has 2 atom stereocenters. The number of amides is 1. The minimum absolute atomic E-state index is 0.0732. The molecule has 0 spiro atoms. The van der Waals surface area contributed by atoms with E-state index < -0.39 is 18.0 Å². The average Bonchev–Trinajstić information content (AvgIpc) is 2.77. The maximum absolute atomic E-state index is 13.7. The number of aliphatic hydroxyl groups is 1. The van der Waals surface area contributed by atoms with Crippen molar-refractivity contribution in [1.82, 2.24) is 15.1 Å². The molecule has 8 nitrogen and oxygen atoms in total. The first kappa shape index (κ1) is 22.6. The van der Waals surface area contributed by atoms with Gasteiger partial charge in [-0.2, -0.15) is 10.3 Å². The van der Waals surface area contributed by atoms with Crippen molar-refractivity contribution in [2.75, 3.05) is 26.2 Å². The molecule has 3 heterocycles. The second-order valence-electron chi connectivity index (χ2n) is 9.89. The van der Waals surface area contributed by atoms with Gasteiger partial charge in [0.25, 0.3) is 0 Å². The van der Waals surface area contributed by atoms with Crippen LogP contribution in [-0.4, -0.2) is 70.8 Å². The van der Waals surface area contributed by atoms with Crippen molar-refractivity contribution < 1.29 is 14.6 Å². The van der Waals surface area contributed by atoms with E-state index in [1.807, 2.05) is 23.1 Å². The van der Waals surface area contributed by atoms with E-state index in [0.717, 1.165) is 26.1 Å². The summed E-state index contributed by atoms with van der Waals surface area (Å²) in [4.78, 5) is 22.1. The molecule has 172 valence electrons. The minimum Gasteiger partial charge on any atom is -0.444 e. The molecule has 0 saturated carbocycles. The number of para-hydroxylation sites is 1. The number of hydrogen-bond acceptors (Lipinski definition) is 7. The van der Waals surface area contributed by atoms with Crippen LogP contribution >= 0.6 is 0 Å². The molecular formula is C24H33N5O3. The maximum Gasteiger partial charge on any atom is 0.300 e. The predicted molar refractivity (Wildman–Crippen MR) is 121 cm³/mol. The summed E-state index contributed by atoms with van der Waals surface area (Å²) < 4.78 is 5.38. The number of piperidine rings is 2. The molecule has 2 saturated heterocycles. The third-order valence-electron chi connectivity index (χ3n) is 6.78. The molecular weight excluding hydrogens is 406 g/mol. The van der Waals surface area contributed by atoms with Gasteiger partial charge in [-0.1, -0.05) is 32.9 Å². The van der Waals surface area contributed by atoms with Crippen molar-refractivity contribution >= 4 is 11.7 Å². The number of fused-ring (bicyclic) bond motifs is 1. The van der Waals surface area contributed by atoms with E-state index in [0.29, 0.717) is 43.0 Å². The molecule has 4 rings (SSSR count). The van der Waals surface area contributed by atoms with Crippen molar-refractivity contribution in [3.05, 3.63) is 29.8 Å². The number of aliphatic hydroxyl groups excluding tert-OH is 1. The molecule has 8 heteroatoms. The Morgan fingerprint density at radius 2 is 2.03 bits per heavy atom. The molecule has 3 aliphatic rings. The van der Waals surface area contributed by atoms with Crippen molar-refractivity contribution in [2.45, 2.75) is 64.4 Å². The molecule has 1 amide bonds. The zero-order valence-electron chi connectivity index (χ0n) is 19.2. The lowest BCUT2D eigenvalue weighted by atomic mass is 9.76. The van der Waals surface area contributed by atoms with Crippen molar-refractivity contribution in [3.8, 4) is 11.8 Å². The Labute approximate surface area is 189 Å². The van der Waals surface area contributed by atoms with Crippen LogP contribution in [0.25, 0.3) is 0 Å². The van der Waals surface area contributed by atoms with Gasteiger partial charge in [-0.05, 0) is 49.8 Å². The monoisotopic (exact) mass is 439 g/mol. The van der Waals surface area contributed by atoms with Crippen molar-refractivity contribution in [2.24, 2.45) is 10.4 Å². The maximum atomic E-state index is 13.7. The van der Waals surface area contributed by atoms with Gasteiger partial charge in [-0.15, -0.1) is 0 Å². The average molecular weight is 440 g/mol. The quantitative estimate of drug-likeness (QED) is 0.745. The number of nitrogens with one attached hydrogen (secondary N) is 1. The lowest BCUT2D eigenvalue weighted by molar-refractivity contribution is -0.147. The number of hydrogen-bond donors (Lipinski definition) is 2. The van der Waals surface area contributed by atoms with Gasteiger partial charge in [0.05, 0.1) is 11.6 Å². The second-order valence-corrected chi connectivity index (χ2v) is 9.89. The number of amidine groups is 1. The zero-order chi connectivity index (χ0) is 22.9. The van der Waals surface area contributed by atoms with Gasteiger partial charge in [-0.3, -0.25) is 4.79 Å². The summed E-state index contributed by atoms with van der Waals surface area (Å²) in [5, 5.41) is 23.5. The van der Waals surface area contributed by atoms with E-state index in [1.165, 1.54) is 0 Å². The molecule has 1 unspecified atom stereocenters. The molecule has 3 aliphatic heterocycles. The fourth-order valence-corrected chi connectivity index (χ4v) is 5.14. The second kappa shape index (κ2) is 8.72. The van der Waals surface area contributed by atoms with Gasteiger partial charge in [-0.25, -0.2) is 0 Å². The van der Waals surface area contributed by atoms with Crippen molar-refractivity contribution in [3.63, 3.8) is 0 Å². The van der Waals surface area contributed by atoms with E-state index in [-0.39, 0.29) is 11.3 Å². The molecule has 0 aromatic heterocycles. The Kier molecular flexibility index (Phi) is 6.15. The number of ether oxygens (including phenoxy) is 1. The summed E-state index contributed by atoms with van der Waals surface area (Å²) in [6.07, 6.45) is 1.70. The summed E-state index contributed by atoms with van der Waals surface area (Å²) in [6.45, 7) is 9.66. The number of carbonyl (C=O) groups excluding carboxylic acids is 1. The Morgan fingerprint density at radius 1 is 1.31 bits per heavy atom. The Morgan fingerprint density at radius 3 is 2.72 bits per heavy atom. The summed E-state index contributed by atoms with van der Waals surface area (Å²) in [6, 6.07) is 9.30. The van der Waals surface area contributed by atoms with Gasteiger partial charge in [0.1, 0.15) is 23.2 Å². The van der Waals surface area contributed by atoms with E-state index in [2.05, 4.69) is 42.0 Å². The minimum atomic E-state index is -1.32. The predicted octanol–water partition coefficient (Wildman–Crippen LogP) is 2.09. The Hall–Kier alpha value is -2.63. The summed E-state index contributed by atoms with van der Waals surface area (Å²) in [7, 11) is 0. The summed E-state index contributed by atoms with van der Waals surface area (Å²) in [5.74, 6) is 0.892. The van der Waals surface area contributed by atoms with Gasteiger partial charge < -0.3 is 25.0 Å². The van der Waals surface area contributed by atoms with Gasteiger partial charge in [0.15, 0.2) is 0 Å². The van der Waals surface area contributed by atoms with Crippen LogP contribution in [0.1, 0.15) is 52.0 Å². The number of nitriles is 1. The van der Waals surface area contributed by atoms with Gasteiger partial charge >= 0.3 is 6.41 Å². The van der Waals surface area contributed by atoms with Gasteiger partial charge in [0, 0.05) is 19.6 Å². The number of benzene rings is 1. The SMILES string of the molecule is CCCN1CCC(C#N)(N2CC(C)(C)C[C@H](NC3=NC(O)Oc4ccccc43)C2=O)CC1. The van der Waals surface area contributed by atoms with Gasteiger partial charge in [0.2, 0.25) is 5.91 Å². The smallest absolute Gasteiger partial charge is 0.300 e. The number of nitrogens with zero attached hydrogens (tertiary/aromatic N) is 4. The van der Waals surface area contributed by atoms with Crippen LogP contribution in [0.4, 0.5) is 0 Å². The number of carbonyl (C=O) groups is 1. The van der Waals surface area contributed by atoms with Crippen LogP contribution in [0, 0.1) is 16.7 Å². The van der Waals surface area contributed by atoms with Crippen LogP contribution in [0.3, 0.4) is 0 Å². The highest BCUT2D eigenvalue weighted by Crippen LogP contribution is 2.38. The summed E-state index contributed by atoms with van der Waals surface area (Å²) >= 11 is 0. The molecule has 2 N–H and O–H groups in total. The molecule has 32 heavy (non-hydrogen) atoms. The van der Waals surface area contributed by atoms with Crippen LogP contribution < -0.4 is 10.1 Å². The fraction of sp³-hybridized carbons (Fsp3) is 0.625. The highest BCUT2D eigenvalue weighted by Gasteiger charge is 2.50.